The summed E-state index contributed by atoms with van der Waals surface area (Å²) in [4.78, 5) is 26.8. The molecule has 3 aromatic carbocycles. The van der Waals surface area contributed by atoms with Crippen molar-refractivity contribution in [2.75, 3.05) is 34.3 Å². The van der Waals surface area contributed by atoms with Gasteiger partial charge in [-0.15, -0.1) is 0 Å². The van der Waals surface area contributed by atoms with Gasteiger partial charge in [-0.05, 0) is 85.2 Å². The zero-order valence-corrected chi connectivity index (χ0v) is 30.7. The molecule has 0 bridgehead atoms. The Morgan fingerprint density at radius 3 is 1.35 bits per heavy atom. The topological polar surface area (TPSA) is 95.8 Å². The van der Waals surface area contributed by atoms with Gasteiger partial charge >= 0.3 is 0 Å². The van der Waals surface area contributed by atoms with Crippen LogP contribution >= 0.6 is 27.5 Å². The maximum atomic E-state index is 13.5. The second-order valence-corrected chi connectivity index (χ2v) is 12.4. The average Bonchev–Trinajstić information content (AvgIpc) is 3.93. The molecule has 0 spiro atoms. The first kappa shape index (κ1) is 39.0. The third-order valence-electron chi connectivity index (χ3n) is 7.64. The molecule has 6 aromatic rings. The van der Waals surface area contributed by atoms with Crippen molar-refractivity contribution in [1.82, 2.24) is 29.9 Å². The van der Waals surface area contributed by atoms with Gasteiger partial charge in [-0.2, -0.15) is 0 Å². The first-order valence-electron chi connectivity index (χ1n) is 16.1. The molecule has 0 fully saturated rings. The highest BCUT2D eigenvalue weighted by Crippen LogP contribution is 2.24. The van der Waals surface area contributed by atoms with Crippen LogP contribution in [0.1, 0.15) is 37.9 Å². The van der Waals surface area contributed by atoms with Crippen LogP contribution in [0.5, 0.6) is 0 Å². The van der Waals surface area contributed by atoms with E-state index in [0.717, 1.165) is 47.6 Å². The summed E-state index contributed by atoms with van der Waals surface area (Å²) in [5.74, 6) is -1.77. The van der Waals surface area contributed by atoms with Gasteiger partial charge in [0, 0.05) is 61.4 Å². The molecule has 3 aromatic heterocycles. The summed E-state index contributed by atoms with van der Waals surface area (Å²) in [7, 11) is 0. The quantitative estimate of drug-likeness (QED) is 0.107. The van der Waals surface area contributed by atoms with Gasteiger partial charge in [0.1, 0.15) is 23.3 Å². The number of anilines is 3. The predicted octanol–water partition coefficient (Wildman–Crippen LogP) is 9.28. The van der Waals surface area contributed by atoms with Crippen molar-refractivity contribution in [2.24, 2.45) is 0 Å². The van der Waals surface area contributed by atoms with Gasteiger partial charge in [0.25, 0.3) is 0 Å². The number of nitrogens with one attached hydrogen (secondary N) is 3. The number of aromatic nitrogens is 6. The minimum absolute atomic E-state index is 0.145. The number of H-pyrrole nitrogens is 3. The summed E-state index contributed by atoms with van der Waals surface area (Å²) in [6, 6.07) is 13.5. The number of rotatable bonds is 12. The van der Waals surface area contributed by atoms with Crippen molar-refractivity contribution in [2.45, 2.75) is 40.4 Å². The van der Waals surface area contributed by atoms with Crippen LogP contribution in [0, 0.1) is 23.3 Å². The van der Waals surface area contributed by atoms with Crippen LogP contribution in [0.2, 0.25) is 5.02 Å². The van der Waals surface area contributed by atoms with Crippen LogP contribution in [0.3, 0.4) is 0 Å². The van der Waals surface area contributed by atoms with Crippen LogP contribution in [-0.2, 0) is 19.6 Å². The Kier molecular flexibility index (Phi) is 14.9. The van der Waals surface area contributed by atoms with Crippen molar-refractivity contribution < 1.29 is 17.6 Å². The Hall–Kier alpha value is -4.82. The highest BCUT2D eigenvalue weighted by molar-refractivity contribution is 9.10. The lowest BCUT2D eigenvalue weighted by Gasteiger charge is -2.22. The Labute approximate surface area is 307 Å². The number of aromatic amines is 3. The molecule has 51 heavy (non-hydrogen) atoms. The number of hydrogen-bond donors (Lipinski definition) is 3. The number of nitrogens with zero attached hydrogens (tertiary/aromatic N) is 6. The normalized spacial score (nSPS) is 10.5. The molecule has 9 nitrogen and oxygen atoms in total. The van der Waals surface area contributed by atoms with E-state index in [9.17, 15) is 17.6 Å². The zero-order chi connectivity index (χ0) is 36.8. The van der Waals surface area contributed by atoms with Crippen LogP contribution < -0.4 is 14.7 Å². The third-order valence-corrected chi connectivity index (χ3v) is 8.59. The van der Waals surface area contributed by atoms with Gasteiger partial charge in [0.05, 0.1) is 65.2 Å². The molecule has 6 rings (SSSR count). The zero-order valence-electron chi connectivity index (χ0n) is 28.4. The molecule has 0 aliphatic carbocycles. The molecule has 15 heteroatoms. The number of hydrogen-bond acceptors (Lipinski definition) is 6. The van der Waals surface area contributed by atoms with Crippen molar-refractivity contribution in [1.29, 1.82) is 0 Å². The molecule has 3 heterocycles. The maximum Gasteiger partial charge on any atom is 0.143 e. The highest BCUT2D eigenvalue weighted by Gasteiger charge is 2.11. The van der Waals surface area contributed by atoms with Crippen molar-refractivity contribution in [3.8, 4) is 0 Å². The average molecular weight is 789 g/mol. The second-order valence-electron chi connectivity index (χ2n) is 11.1. The SMILES string of the molecule is CCN(Cc1cnc[nH]1)c1cc(F)cc(F)c1.CCN(Cc1cnc[nH]1)c1ccc(Br)c(F)c1.CCN(Cc1cnc[nH]1)c1ccc(Cl)c(F)c1. The van der Waals surface area contributed by atoms with Crippen LogP contribution in [0.4, 0.5) is 34.6 Å². The standard InChI is InChI=1S/C12H13BrFN3.C12H13ClFN3.C12H13F2N3/c2*1-2-17(7-9-6-15-8-16-9)10-3-4-11(13)12(14)5-10;1-2-17(7-11-6-15-8-16-11)12-4-9(13)3-10(14)5-12/h3*3-6,8H,2,7H2,1H3,(H,15,16). The van der Waals surface area contributed by atoms with Gasteiger partial charge in [0.15, 0.2) is 0 Å². The first-order chi connectivity index (χ1) is 24.6. The smallest absolute Gasteiger partial charge is 0.143 e. The second kappa shape index (κ2) is 19.5. The summed E-state index contributed by atoms with van der Waals surface area (Å²) >= 11 is 8.81. The molecule has 0 atom stereocenters. The van der Waals surface area contributed by atoms with E-state index >= 15 is 0 Å². The van der Waals surface area contributed by atoms with E-state index in [-0.39, 0.29) is 10.8 Å². The monoisotopic (exact) mass is 787 g/mol. The molecule has 0 aliphatic rings. The first-order valence-corrected chi connectivity index (χ1v) is 17.3. The van der Waals surface area contributed by atoms with Crippen LogP contribution in [0.15, 0.2) is 96.6 Å². The van der Waals surface area contributed by atoms with Gasteiger partial charge in [-0.1, -0.05) is 11.6 Å². The van der Waals surface area contributed by atoms with Gasteiger partial charge in [-0.25, -0.2) is 32.5 Å². The highest BCUT2D eigenvalue weighted by atomic mass is 79.9. The van der Waals surface area contributed by atoms with E-state index in [2.05, 4.69) is 50.7 Å². The molecule has 0 amide bonds. The van der Waals surface area contributed by atoms with E-state index in [0.29, 0.717) is 36.3 Å². The number of imidazole rings is 3. The molecular formula is C36H39BrClF4N9. The molecule has 0 saturated heterocycles. The van der Waals surface area contributed by atoms with Crippen molar-refractivity contribution in [3.63, 3.8) is 0 Å². The fraction of sp³-hybridized carbons (Fsp3) is 0.250. The van der Waals surface area contributed by atoms with Gasteiger partial charge < -0.3 is 29.7 Å². The minimum atomic E-state index is -0.567. The summed E-state index contributed by atoms with van der Waals surface area (Å²) in [6.07, 6.45) is 10.1. The minimum Gasteiger partial charge on any atom is -0.366 e. The molecule has 0 unspecified atom stereocenters. The van der Waals surface area contributed by atoms with Crippen molar-refractivity contribution in [3.05, 3.63) is 142 Å². The van der Waals surface area contributed by atoms with Crippen LogP contribution in [-0.4, -0.2) is 49.5 Å². The lowest BCUT2D eigenvalue weighted by Crippen LogP contribution is -2.22. The Morgan fingerprint density at radius 2 is 0.980 bits per heavy atom. The Morgan fingerprint density at radius 1 is 0.569 bits per heavy atom. The molecular weight excluding hydrogens is 750 g/mol. The van der Waals surface area contributed by atoms with E-state index in [1.54, 1.807) is 49.7 Å². The lowest BCUT2D eigenvalue weighted by molar-refractivity contribution is 0.581. The molecule has 0 saturated carbocycles. The van der Waals surface area contributed by atoms with E-state index < -0.39 is 17.5 Å². The van der Waals surface area contributed by atoms with Gasteiger partial charge in [0.2, 0.25) is 0 Å². The largest absolute Gasteiger partial charge is 0.366 e. The molecule has 0 aliphatic heterocycles. The molecule has 3 N–H and O–H groups in total. The lowest BCUT2D eigenvalue weighted by atomic mass is 10.2. The van der Waals surface area contributed by atoms with E-state index in [1.807, 2.05) is 42.7 Å². The predicted molar refractivity (Wildman–Crippen MR) is 198 cm³/mol. The van der Waals surface area contributed by atoms with Gasteiger partial charge in [-0.3, -0.25) is 0 Å². The Balaban J connectivity index is 0.000000172. The molecule has 270 valence electrons. The summed E-state index contributed by atoms with van der Waals surface area (Å²) in [5.41, 5.74) is 5.10. The van der Waals surface area contributed by atoms with Crippen LogP contribution in [0.25, 0.3) is 0 Å². The van der Waals surface area contributed by atoms with Crippen molar-refractivity contribution >= 4 is 44.6 Å². The summed E-state index contributed by atoms with van der Waals surface area (Å²) in [6.45, 7) is 10.1. The number of halogens is 6. The number of benzene rings is 3. The van der Waals surface area contributed by atoms with E-state index in [1.165, 1.54) is 24.3 Å². The Bertz CT molecular complexity index is 1780. The maximum absolute atomic E-state index is 13.5. The van der Waals surface area contributed by atoms with E-state index in [4.69, 9.17) is 11.6 Å². The fourth-order valence-corrected chi connectivity index (χ4v) is 5.34. The fourth-order valence-electron chi connectivity index (χ4n) is 4.97. The summed E-state index contributed by atoms with van der Waals surface area (Å²) < 4.78 is 53.6. The summed E-state index contributed by atoms with van der Waals surface area (Å²) in [5, 5.41) is 0.145. The molecule has 0 radical (unpaired) electrons. The third kappa shape index (κ3) is 11.9.